The van der Waals surface area contributed by atoms with Gasteiger partial charge in [0.25, 0.3) is 0 Å². The predicted octanol–water partition coefficient (Wildman–Crippen LogP) is 2.23. The van der Waals surface area contributed by atoms with Crippen LogP contribution in [-0.4, -0.2) is 60.4 Å². The van der Waals surface area contributed by atoms with Crippen LogP contribution in [0, 0.1) is 0 Å². The molecule has 6 heteroatoms. The van der Waals surface area contributed by atoms with Gasteiger partial charge in [0.05, 0.1) is 13.0 Å². The van der Waals surface area contributed by atoms with Crippen LogP contribution in [0.3, 0.4) is 0 Å². The number of benzene rings is 2. The lowest BCUT2D eigenvalue weighted by atomic mass is 10.0. The van der Waals surface area contributed by atoms with Gasteiger partial charge in [0, 0.05) is 32.2 Å². The molecule has 0 aromatic heterocycles. The van der Waals surface area contributed by atoms with Crippen molar-refractivity contribution in [3.05, 3.63) is 48.0 Å². The van der Waals surface area contributed by atoms with Crippen molar-refractivity contribution in [2.45, 2.75) is 25.3 Å². The van der Waals surface area contributed by atoms with E-state index in [2.05, 4.69) is 29.6 Å². The van der Waals surface area contributed by atoms with Gasteiger partial charge in [-0.25, -0.2) is 0 Å². The summed E-state index contributed by atoms with van der Waals surface area (Å²) in [6.07, 6.45) is 2.38. The molecule has 144 valence electrons. The van der Waals surface area contributed by atoms with Crippen molar-refractivity contribution in [1.29, 1.82) is 0 Å². The number of halogens is 1. The van der Waals surface area contributed by atoms with Crippen LogP contribution >= 0.6 is 12.4 Å². The van der Waals surface area contributed by atoms with Crippen molar-refractivity contribution < 1.29 is 9.59 Å². The number of nitrogens with one attached hydrogen (secondary N) is 1. The summed E-state index contributed by atoms with van der Waals surface area (Å²) in [4.78, 5) is 28.9. The number of hydrogen-bond acceptors (Lipinski definition) is 3. The molecule has 27 heavy (non-hydrogen) atoms. The van der Waals surface area contributed by atoms with Gasteiger partial charge >= 0.3 is 0 Å². The van der Waals surface area contributed by atoms with Gasteiger partial charge in [-0.1, -0.05) is 42.5 Å². The topological polar surface area (TPSA) is 52.7 Å². The van der Waals surface area contributed by atoms with Gasteiger partial charge in [0.15, 0.2) is 0 Å². The van der Waals surface area contributed by atoms with Crippen LogP contribution in [0.1, 0.15) is 18.4 Å². The SMILES string of the molecule is Cl.O=C(Cc1ccc2ccccc2c1)N1CCCC(N2CCNCC2=O)C1. The third kappa shape index (κ3) is 4.42. The number of rotatable bonds is 3. The highest BCUT2D eigenvalue weighted by Gasteiger charge is 2.31. The molecule has 1 atom stereocenters. The second-order valence-corrected chi connectivity index (χ2v) is 7.26. The van der Waals surface area contributed by atoms with Crippen molar-refractivity contribution in [2.75, 3.05) is 32.7 Å². The Hall–Kier alpha value is -2.11. The molecule has 2 aromatic rings. The van der Waals surface area contributed by atoms with Crippen LogP contribution in [-0.2, 0) is 16.0 Å². The zero-order valence-corrected chi connectivity index (χ0v) is 16.2. The maximum Gasteiger partial charge on any atom is 0.236 e. The number of nitrogens with zero attached hydrogens (tertiary/aromatic N) is 2. The van der Waals surface area contributed by atoms with E-state index in [4.69, 9.17) is 0 Å². The highest BCUT2D eigenvalue weighted by Crippen LogP contribution is 2.20. The fourth-order valence-electron chi connectivity index (χ4n) is 4.08. The van der Waals surface area contributed by atoms with Crippen LogP contribution in [0.5, 0.6) is 0 Å². The molecule has 2 amide bonds. The van der Waals surface area contributed by atoms with Crippen molar-refractivity contribution in [3.63, 3.8) is 0 Å². The number of amides is 2. The molecule has 1 unspecified atom stereocenters. The minimum Gasteiger partial charge on any atom is -0.340 e. The summed E-state index contributed by atoms with van der Waals surface area (Å²) >= 11 is 0. The molecule has 0 bridgehead atoms. The number of likely N-dealkylation sites (tertiary alicyclic amines) is 1. The maximum absolute atomic E-state index is 12.8. The third-order valence-corrected chi connectivity index (χ3v) is 5.49. The number of carbonyl (C=O) groups excluding carboxylic acids is 2. The number of piperidine rings is 1. The van der Waals surface area contributed by atoms with Crippen LogP contribution in [0.25, 0.3) is 10.8 Å². The van der Waals surface area contributed by atoms with E-state index in [1.54, 1.807) is 0 Å². The van der Waals surface area contributed by atoms with Crippen molar-refractivity contribution in [1.82, 2.24) is 15.1 Å². The fraction of sp³-hybridized carbons (Fsp3) is 0.429. The zero-order chi connectivity index (χ0) is 17.9. The van der Waals surface area contributed by atoms with E-state index < -0.39 is 0 Å². The zero-order valence-electron chi connectivity index (χ0n) is 15.4. The lowest BCUT2D eigenvalue weighted by Gasteiger charge is -2.41. The summed E-state index contributed by atoms with van der Waals surface area (Å²) in [5, 5.41) is 5.47. The first-order chi connectivity index (χ1) is 12.7. The Morgan fingerprint density at radius 2 is 1.93 bits per heavy atom. The molecule has 0 aliphatic carbocycles. The molecule has 0 spiro atoms. The lowest BCUT2D eigenvalue weighted by molar-refractivity contribution is -0.140. The first-order valence-corrected chi connectivity index (χ1v) is 9.46. The number of fused-ring (bicyclic) bond motifs is 1. The summed E-state index contributed by atoms with van der Waals surface area (Å²) in [6, 6.07) is 14.6. The minimum absolute atomic E-state index is 0. The van der Waals surface area contributed by atoms with Crippen molar-refractivity contribution >= 4 is 35.0 Å². The summed E-state index contributed by atoms with van der Waals surface area (Å²) in [6.45, 7) is 3.46. The Bertz CT molecular complexity index is 826. The van der Waals surface area contributed by atoms with E-state index in [0.29, 0.717) is 19.5 Å². The van der Waals surface area contributed by atoms with Gasteiger partial charge in [-0.3, -0.25) is 9.59 Å². The summed E-state index contributed by atoms with van der Waals surface area (Å²) in [7, 11) is 0. The Balaban J connectivity index is 0.00000210. The van der Waals surface area contributed by atoms with E-state index >= 15 is 0 Å². The molecular formula is C21H26ClN3O2. The second kappa shape index (κ2) is 8.72. The quantitative estimate of drug-likeness (QED) is 0.878. The van der Waals surface area contributed by atoms with Gasteiger partial charge in [0.1, 0.15) is 0 Å². The predicted molar refractivity (Wildman–Crippen MR) is 109 cm³/mol. The molecule has 2 aromatic carbocycles. The molecule has 2 aliphatic heterocycles. The second-order valence-electron chi connectivity index (χ2n) is 7.26. The van der Waals surface area contributed by atoms with E-state index in [1.165, 1.54) is 10.8 Å². The molecule has 2 heterocycles. The standard InChI is InChI=1S/C21H25N3O2.ClH/c25-20(13-16-7-8-17-4-1-2-5-18(17)12-16)23-10-3-6-19(15-23)24-11-9-22-14-21(24)26;/h1-2,4-5,7-8,12,19,22H,3,6,9-11,13-15H2;1H. The Morgan fingerprint density at radius 3 is 2.74 bits per heavy atom. The highest BCUT2D eigenvalue weighted by atomic mass is 35.5. The van der Waals surface area contributed by atoms with Gasteiger partial charge in [-0.2, -0.15) is 0 Å². The monoisotopic (exact) mass is 387 g/mol. The lowest BCUT2D eigenvalue weighted by Crippen LogP contribution is -2.57. The Kier molecular flexibility index (Phi) is 6.34. The number of hydrogen-bond donors (Lipinski definition) is 1. The van der Waals surface area contributed by atoms with E-state index in [-0.39, 0.29) is 30.3 Å². The van der Waals surface area contributed by atoms with Crippen LogP contribution in [0.2, 0.25) is 0 Å². The fourth-order valence-corrected chi connectivity index (χ4v) is 4.08. The molecule has 0 radical (unpaired) electrons. The molecular weight excluding hydrogens is 362 g/mol. The normalized spacial score (nSPS) is 20.4. The summed E-state index contributed by atoms with van der Waals surface area (Å²) < 4.78 is 0. The largest absolute Gasteiger partial charge is 0.340 e. The summed E-state index contributed by atoms with van der Waals surface area (Å²) in [5.74, 6) is 0.317. The molecule has 4 rings (SSSR count). The molecule has 0 saturated carbocycles. The molecule has 2 fully saturated rings. The molecule has 1 N–H and O–H groups in total. The van der Waals surface area contributed by atoms with Gasteiger partial charge in [-0.15, -0.1) is 12.4 Å². The van der Waals surface area contributed by atoms with Gasteiger partial charge < -0.3 is 15.1 Å². The molecule has 2 aliphatic rings. The van der Waals surface area contributed by atoms with Gasteiger partial charge in [-0.05, 0) is 29.2 Å². The Morgan fingerprint density at radius 1 is 1.11 bits per heavy atom. The average molecular weight is 388 g/mol. The third-order valence-electron chi connectivity index (χ3n) is 5.49. The number of carbonyl (C=O) groups is 2. The van der Waals surface area contributed by atoms with Crippen molar-refractivity contribution in [3.8, 4) is 0 Å². The van der Waals surface area contributed by atoms with Crippen LogP contribution in [0.15, 0.2) is 42.5 Å². The first kappa shape index (κ1) is 19.6. The Labute approximate surface area is 166 Å². The maximum atomic E-state index is 12.8. The minimum atomic E-state index is 0. The highest BCUT2D eigenvalue weighted by molar-refractivity contribution is 5.86. The summed E-state index contributed by atoms with van der Waals surface area (Å²) in [5.41, 5.74) is 1.05. The van der Waals surface area contributed by atoms with E-state index in [0.717, 1.165) is 38.0 Å². The average Bonchev–Trinajstić information content (AvgIpc) is 2.68. The smallest absolute Gasteiger partial charge is 0.236 e. The van der Waals surface area contributed by atoms with Gasteiger partial charge in [0.2, 0.25) is 11.8 Å². The molecule has 5 nitrogen and oxygen atoms in total. The first-order valence-electron chi connectivity index (χ1n) is 9.46. The number of piperazine rings is 1. The molecule has 2 saturated heterocycles. The van der Waals surface area contributed by atoms with Crippen LogP contribution in [0.4, 0.5) is 0 Å². The van der Waals surface area contributed by atoms with Crippen LogP contribution < -0.4 is 5.32 Å². The van der Waals surface area contributed by atoms with E-state index in [9.17, 15) is 9.59 Å². The van der Waals surface area contributed by atoms with Crippen molar-refractivity contribution in [2.24, 2.45) is 0 Å². The van der Waals surface area contributed by atoms with E-state index in [1.807, 2.05) is 28.0 Å².